The molecular weight excluding hydrogens is 303 g/mol. The zero-order valence-corrected chi connectivity index (χ0v) is 13.0. The molecule has 0 aliphatic carbocycles. The molecule has 0 saturated heterocycles. The van der Waals surface area contributed by atoms with E-state index in [0.717, 1.165) is 17.3 Å². The first-order valence-electron chi connectivity index (χ1n) is 7.73. The Bertz CT molecular complexity index is 749. The van der Waals surface area contributed by atoms with Crippen LogP contribution in [0.1, 0.15) is 23.5 Å². The number of pyridine rings is 1. The van der Waals surface area contributed by atoms with Crippen LogP contribution in [0.2, 0.25) is 0 Å². The third kappa shape index (κ3) is 4.04. The Balaban J connectivity index is 1.79. The lowest BCUT2D eigenvalue weighted by molar-refractivity contribution is -0.116. The van der Waals surface area contributed by atoms with Gasteiger partial charge in [0.25, 0.3) is 0 Å². The minimum absolute atomic E-state index is 0.0483. The largest absolute Gasteiger partial charge is 0.311 e. The molecule has 0 spiro atoms. The van der Waals surface area contributed by atoms with Gasteiger partial charge in [0, 0.05) is 12.3 Å². The molecule has 4 heteroatoms. The fraction of sp³-hybridized carbons (Fsp3) is 0.100. The standard InChI is InChI=1S/C20H17FN2O/c21-17-11-12-19(22-14-17)23-20(24)13-18(15-7-3-1-4-8-15)16-9-5-2-6-10-16/h1-12,14,18H,13H2,(H,22,23,24). The van der Waals surface area contributed by atoms with E-state index in [1.807, 2.05) is 60.7 Å². The minimum atomic E-state index is -0.431. The molecule has 2 aromatic carbocycles. The highest BCUT2D eigenvalue weighted by Gasteiger charge is 2.18. The second-order valence-corrected chi connectivity index (χ2v) is 5.49. The van der Waals surface area contributed by atoms with E-state index in [1.54, 1.807) is 0 Å². The molecule has 0 aliphatic rings. The first-order valence-corrected chi connectivity index (χ1v) is 7.73. The van der Waals surface area contributed by atoms with Gasteiger partial charge in [-0.15, -0.1) is 0 Å². The van der Waals surface area contributed by atoms with Crippen LogP contribution in [0.5, 0.6) is 0 Å². The topological polar surface area (TPSA) is 42.0 Å². The predicted octanol–water partition coefficient (Wildman–Crippen LogP) is 4.38. The Kier molecular flexibility index (Phi) is 4.96. The summed E-state index contributed by atoms with van der Waals surface area (Å²) in [7, 11) is 0. The number of halogens is 1. The summed E-state index contributed by atoms with van der Waals surface area (Å²) in [6.07, 6.45) is 1.37. The van der Waals surface area contributed by atoms with E-state index < -0.39 is 5.82 Å². The molecule has 120 valence electrons. The highest BCUT2D eigenvalue weighted by atomic mass is 19.1. The molecule has 3 aromatic rings. The molecule has 1 amide bonds. The Morgan fingerprint density at radius 3 is 2.00 bits per heavy atom. The van der Waals surface area contributed by atoms with Crippen LogP contribution in [0.25, 0.3) is 0 Å². The van der Waals surface area contributed by atoms with Gasteiger partial charge in [-0.05, 0) is 23.3 Å². The van der Waals surface area contributed by atoms with E-state index in [2.05, 4.69) is 10.3 Å². The SMILES string of the molecule is O=C(CC(c1ccccc1)c1ccccc1)Nc1ccc(F)cn1. The van der Waals surface area contributed by atoms with E-state index in [4.69, 9.17) is 0 Å². The molecule has 24 heavy (non-hydrogen) atoms. The van der Waals surface area contributed by atoms with Crippen molar-refractivity contribution < 1.29 is 9.18 Å². The van der Waals surface area contributed by atoms with Gasteiger partial charge in [0.2, 0.25) is 5.91 Å². The second-order valence-electron chi connectivity index (χ2n) is 5.49. The molecule has 0 fully saturated rings. The molecule has 3 rings (SSSR count). The maximum Gasteiger partial charge on any atom is 0.226 e. The molecular formula is C20H17FN2O. The number of nitrogens with zero attached hydrogens (tertiary/aromatic N) is 1. The van der Waals surface area contributed by atoms with Crippen LogP contribution in [0.4, 0.5) is 10.2 Å². The summed E-state index contributed by atoms with van der Waals surface area (Å²) in [6.45, 7) is 0. The van der Waals surface area contributed by atoms with E-state index in [0.29, 0.717) is 5.82 Å². The van der Waals surface area contributed by atoms with E-state index >= 15 is 0 Å². The van der Waals surface area contributed by atoms with E-state index in [1.165, 1.54) is 12.1 Å². The number of rotatable bonds is 5. The van der Waals surface area contributed by atoms with Crippen molar-refractivity contribution >= 4 is 11.7 Å². The molecule has 0 saturated carbocycles. The Labute approximate surface area is 140 Å². The maximum absolute atomic E-state index is 12.9. The number of hydrogen-bond donors (Lipinski definition) is 1. The molecule has 0 bridgehead atoms. The lowest BCUT2D eigenvalue weighted by atomic mass is 9.88. The summed E-state index contributed by atoms with van der Waals surface area (Å²) in [5, 5.41) is 2.72. The number of carbonyl (C=O) groups is 1. The number of hydrogen-bond acceptors (Lipinski definition) is 2. The van der Waals surface area contributed by atoms with Gasteiger partial charge in [0.1, 0.15) is 11.6 Å². The van der Waals surface area contributed by atoms with Gasteiger partial charge in [-0.3, -0.25) is 4.79 Å². The molecule has 1 N–H and O–H groups in total. The molecule has 0 unspecified atom stereocenters. The number of anilines is 1. The Morgan fingerprint density at radius 1 is 0.917 bits per heavy atom. The first kappa shape index (κ1) is 15.9. The lowest BCUT2D eigenvalue weighted by Gasteiger charge is -2.17. The van der Waals surface area contributed by atoms with Gasteiger partial charge < -0.3 is 5.32 Å². The highest BCUT2D eigenvalue weighted by Crippen LogP contribution is 2.28. The first-order chi connectivity index (χ1) is 11.7. The smallest absolute Gasteiger partial charge is 0.226 e. The number of carbonyl (C=O) groups excluding carboxylic acids is 1. The Morgan fingerprint density at radius 2 is 1.50 bits per heavy atom. The molecule has 1 heterocycles. The van der Waals surface area contributed by atoms with E-state index in [-0.39, 0.29) is 18.2 Å². The average molecular weight is 320 g/mol. The third-order valence-corrected chi connectivity index (χ3v) is 3.79. The summed E-state index contributed by atoms with van der Waals surface area (Å²) in [5.74, 6) is -0.291. The zero-order chi connectivity index (χ0) is 16.8. The lowest BCUT2D eigenvalue weighted by Crippen LogP contribution is -2.17. The summed E-state index contributed by atoms with van der Waals surface area (Å²) in [6, 6.07) is 22.5. The van der Waals surface area contributed by atoms with Crippen LogP contribution in [0.3, 0.4) is 0 Å². The monoisotopic (exact) mass is 320 g/mol. The molecule has 1 aromatic heterocycles. The van der Waals surface area contributed by atoms with Gasteiger partial charge in [-0.25, -0.2) is 9.37 Å². The fourth-order valence-corrected chi connectivity index (χ4v) is 2.63. The van der Waals surface area contributed by atoms with Gasteiger partial charge in [0.15, 0.2) is 0 Å². The molecule has 3 nitrogen and oxygen atoms in total. The quantitative estimate of drug-likeness (QED) is 0.758. The fourth-order valence-electron chi connectivity index (χ4n) is 2.63. The summed E-state index contributed by atoms with van der Waals surface area (Å²) in [4.78, 5) is 16.3. The minimum Gasteiger partial charge on any atom is -0.311 e. The van der Waals surface area contributed by atoms with Crippen LogP contribution >= 0.6 is 0 Å². The van der Waals surface area contributed by atoms with Gasteiger partial charge in [-0.2, -0.15) is 0 Å². The van der Waals surface area contributed by atoms with Crippen molar-refractivity contribution in [1.82, 2.24) is 4.98 Å². The zero-order valence-electron chi connectivity index (χ0n) is 13.0. The van der Waals surface area contributed by atoms with Crippen LogP contribution in [-0.4, -0.2) is 10.9 Å². The number of amides is 1. The predicted molar refractivity (Wildman–Crippen MR) is 92.2 cm³/mol. The summed E-state index contributed by atoms with van der Waals surface area (Å²) < 4.78 is 12.9. The second kappa shape index (κ2) is 7.51. The van der Waals surface area contributed by atoms with Crippen molar-refractivity contribution in [3.8, 4) is 0 Å². The molecule has 0 atom stereocenters. The summed E-state index contributed by atoms with van der Waals surface area (Å²) in [5.41, 5.74) is 2.15. The van der Waals surface area contributed by atoms with Crippen LogP contribution in [0, 0.1) is 5.82 Å². The van der Waals surface area contributed by atoms with Gasteiger partial charge >= 0.3 is 0 Å². The van der Waals surface area contributed by atoms with Crippen LogP contribution in [0.15, 0.2) is 79.0 Å². The van der Waals surface area contributed by atoms with Crippen molar-refractivity contribution in [3.05, 3.63) is 95.9 Å². The summed E-state index contributed by atoms with van der Waals surface area (Å²) >= 11 is 0. The highest BCUT2D eigenvalue weighted by molar-refractivity contribution is 5.90. The van der Waals surface area contributed by atoms with Crippen molar-refractivity contribution in [2.75, 3.05) is 5.32 Å². The number of aromatic nitrogens is 1. The van der Waals surface area contributed by atoms with Crippen LogP contribution in [-0.2, 0) is 4.79 Å². The van der Waals surface area contributed by atoms with Crippen molar-refractivity contribution in [1.29, 1.82) is 0 Å². The van der Waals surface area contributed by atoms with Crippen LogP contribution < -0.4 is 5.32 Å². The number of benzene rings is 2. The van der Waals surface area contributed by atoms with Crippen molar-refractivity contribution in [2.45, 2.75) is 12.3 Å². The maximum atomic E-state index is 12.9. The van der Waals surface area contributed by atoms with E-state index in [9.17, 15) is 9.18 Å². The molecule has 0 aliphatic heterocycles. The van der Waals surface area contributed by atoms with Crippen molar-refractivity contribution in [3.63, 3.8) is 0 Å². The van der Waals surface area contributed by atoms with Crippen molar-refractivity contribution in [2.24, 2.45) is 0 Å². The normalized spacial score (nSPS) is 10.6. The van der Waals surface area contributed by atoms with Gasteiger partial charge in [-0.1, -0.05) is 60.7 Å². The molecule has 0 radical (unpaired) electrons. The average Bonchev–Trinajstić information content (AvgIpc) is 2.63. The van der Waals surface area contributed by atoms with Gasteiger partial charge in [0.05, 0.1) is 6.20 Å². The number of nitrogens with one attached hydrogen (secondary N) is 1. The third-order valence-electron chi connectivity index (χ3n) is 3.79. The Hall–Kier alpha value is -3.01.